The summed E-state index contributed by atoms with van der Waals surface area (Å²) in [5.41, 5.74) is 0. The summed E-state index contributed by atoms with van der Waals surface area (Å²) in [6.45, 7) is 2.25. The van der Waals surface area contributed by atoms with Crippen LogP contribution in [0, 0.1) is 0 Å². The molecule has 1 atom stereocenters. The second-order valence-corrected chi connectivity index (χ2v) is 4.75. The van der Waals surface area contributed by atoms with E-state index in [1.807, 2.05) is 0 Å². The Hall–Kier alpha value is 1.04. The summed E-state index contributed by atoms with van der Waals surface area (Å²) in [6, 6.07) is 0. The van der Waals surface area contributed by atoms with Crippen molar-refractivity contribution in [2.75, 3.05) is 0 Å². The first-order valence-electron chi connectivity index (χ1n) is 5.59. The molecule has 14 heavy (non-hydrogen) atoms. The van der Waals surface area contributed by atoms with Crippen LogP contribution in [0.15, 0.2) is 0 Å². The van der Waals surface area contributed by atoms with Gasteiger partial charge in [-0.15, -0.1) is 0 Å². The predicted octanol–water partition coefficient (Wildman–Crippen LogP) is 3.58. The van der Waals surface area contributed by atoms with Gasteiger partial charge in [-0.1, -0.05) is 67.8 Å². The van der Waals surface area contributed by atoms with Crippen LogP contribution in [0.1, 0.15) is 64.7 Å². The third-order valence-electron chi connectivity index (χ3n) is 2.30. The molecule has 82 valence electrons. The standard InChI is InChI=1S/C11H23BrO.Li.H/c1-2-3-4-5-6-7-8-9-10-11(12)13;;/h11,13H,2-10H2,1H3;;. The van der Waals surface area contributed by atoms with Crippen molar-refractivity contribution in [1.29, 1.82) is 0 Å². The van der Waals surface area contributed by atoms with Crippen LogP contribution in [-0.2, 0) is 0 Å². The minimum atomic E-state index is -0.285. The number of aliphatic hydroxyl groups excluding tert-OH is 1. The van der Waals surface area contributed by atoms with Gasteiger partial charge in [0.2, 0.25) is 0 Å². The third-order valence-corrected chi connectivity index (χ3v) is 2.75. The number of unbranched alkanes of at least 4 members (excludes halogenated alkanes) is 7. The van der Waals surface area contributed by atoms with Gasteiger partial charge in [0.25, 0.3) is 0 Å². The molecule has 1 unspecified atom stereocenters. The fourth-order valence-electron chi connectivity index (χ4n) is 1.45. The van der Waals surface area contributed by atoms with Crippen LogP contribution >= 0.6 is 15.9 Å². The van der Waals surface area contributed by atoms with Crippen LogP contribution in [0.5, 0.6) is 0 Å². The van der Waals surface area contributed by atoms with Gasteiger partial charge in [-0.05, 0) is 12.8 Å². The van der Waals surface area contributed by atoms with Crippen molar-refractivity contribution >= 4 is 34.8 Å². The van der Waals surface area contributed by atoms with Gasteiger partial charge in [0.15, 0.2) is 0 Å². The number of alkyl halides is 1. The van der Waals surface area contributed by atoms with Crippen molar-refractivity contribution in [3.8, 4) is 0 Å². The maximum absolute atomic E-state index is 8.94. The van der Waals surface area contributed by atoms with E-state index in [-0.39, 0.29) is 23.9 Å². The fourth-order valence-corrected chi connectivity index (χ4v) is 1.77. The van der Waals surface area contributed by atoms with Gasteiger partial charge in [0, 0.05) is 0 Å². The normalized spacial score (nSPS) is 12.2. The monoisotopic (exact) mass is 258 g/mol. The Balaban J connectivity index is 0. The average molecular weight is 259 g/mol. The molecule has 0 aliphatic carbocycles. The number of halogens is 1. The van der Waals surface area contributed by atoms with Crippen molar-refractivity contribution in [1.82, 2.24) is 0 Å². The Morgan fingerprint density at radius 1 is 0.929 bits per heavy atom. The van der Waals surface area contributed by atoms with Crippen LogP contribution in [-0.4, -0.2) is 29.0 Å². The first-order valence-corrected chi connectivity index (χ1v) is 6.51. The van der Waals surface area contributed by atoms with Gasteiger partial charge >= 0.3 is 18.9 Å². The molecule has 0 aliphatic heterocycles. The van der Waals surface area contributed by atoms with Gasteiger partial charge in [0.05, 0.1) is 0 Å². The van der Waals surface area contributed by atoms with E-state index >= 15 is 0 Å². The quantitative estimate of drug-likeness (QED) is 0.381. The molecule has 0 fully saturated rings. The SMILES string of the molecule is CCCCCCCCCCC(O)Br.[LiH]. The van der Waals surface area contributed by atoms with Crippen molar-refractivity contribution in [3.05, 3.63) is 0 Å². The van der Waals surface area contributed by atoms with Crippen molar-refractivity contribution in [2.45, 2.75) is 69.7 Å². The Morgan fingerprint density at radius 3 is 1.79 bits per heavy atom. The Morgan fingerprint density at radius 2 is 1.36 bits per heavy atom. The second-order valence-electron chi connectivity index (χ2n) is 3.70. The summed E-state index contributed by atoms with van der Waals surface area (Å²) in [7, 11) is 0. The van der Waals surface area contributed by atoms with Crippen molar-refractivity contribution in [3.63, 3.8) is 0 Å². The molecule has 0 amide bonds. The summed E-state index contributed by atoms with van der Waals surface area (Å²) in [5, 5.41) is 8.66. The van der Waals surface area contributed by atoms with Gasteiger partial charge < -0.3 is 5.11 Å². The van der Waals surface area contributed by atoms with E-state index in [9.17, 15) is 0 Å². The summed E-state index contributed by atoms with van der Waals surface area (Å²) in [4.78, 5) is 0. The van der Waals surface area contributed by atoms with Crippen LogP contribution in [0.25, 0.3) is 0 Å². The molecule has 0 aromatic carbocycles. The molecule has 0 heterocycles. The van der Waals surface area contributed by atoms with Crippen molar-refractivity contribution < 1.29 is 5.11 Å². The Kier molecular flexibility index (Phi) is 17.5. The van der Waals surface area contributed by atoms with Crippen LogP contribution < -0.4 is 0 Å². The summed E-state index contributed by atoms with van der Waals surface area (Å²) in [6.07, 6.45) is 11.5. The van der Waals surface area contributed by atoms with E-state index in [4.69, 9.17) is 5.11 Å². The predicted molar refractivity (Wildman–Crippen MR) is 69.3 cm³/mol. The van der Waals surface area contributed by atoms with Gasteiger partial charge in [-0.25, -0.2) is 0 Å². The minimum absolute atomic E-state index is 0. The zero-order valence-corrected chi connectivity index (χ0v) is 10.4. The molecule has 0 aliphatic rings. The van der Waals surface area contributed by atoms with Crippen LogP contribution in [0.4, 0.5) is 0 Å². The van der Waals surface area contributed by atoms with Gasteiger partial charge in [-0.3, -0.25) is 0 Å². The molecular formula is C11H24BrLiO. The van der Waals surface area contributed by atoms with Gasteiger partial charge in [-0.2, -0.15) is 0 Å². The molecule has 1 N–H and O–H groups in total. The van der Waals surface area contributed by atoms with Crippen molar-refractivity contribution in [2.24, 2.45) is 0 Å². The third kappa shape index (κ3) is 15.5. The molecule has 0 spiro atoms. The number of hydrogen-bond donors (Lipinski definition) is 1. The maximum atomic E-state index is 8.94. The van der Waals surface area contributed by atoms with E-state index in [1.54, 1.807) is 0 Å². The Bertz CT molecular complexity index is 99.3. The summed E-state index contributed by atoms with van der Waals surface area (Å²) in [5.74, 6) is 0. The van der Waals surface area contributed by atoms with Crippen LogP contribution in [0.3, 0.4) is 0 Å². The van der Waals surface area contributed by atoms with E-state index in [1.165, 1.54) is 44.9 Å². The first kappa shape index (κ1) is 17.4. The molecule has 0 saturated heterocycles. The first-order chi connectivity index (χ1) is 6.27. The molecule has 3 heteroatoms. The summed E-state index contributed by atoms with van der Waals surface area (Å²) >= 11 is 3.13. The molecule has 0 aromatic heterocycles. The van der Waals surface area contributed by atoms with E-state index in [0.717, 1.165) is 12.8 Å². The molecule has 1 nitrogen and oxygen atoms in total. The van der Waals surface area contributed by atoms with E-state index < -0.39 is 0 Å². The zero-order chi connectivity index (χ0) is 9.94. The Labute approximate surface area is 109 Å². The number of hydrogen-bond acceptors (Lipinski definition) is 1. The fraction of sp³-hybridized carbons (Fsp3) is 1.00. The average Bonchev–Trinajstić information content (AvgIpc) is 2.09. The molecule has 0 saturated carbocycles. The molecule has 0 rings (SSSR count). The van der Waals surface area contributed by atoms with Crippen LogP contribution in [0.2, 0.25) is 0 Å². The second kappa shape index (κ2) is 14.0. The summed E-state index contributed by atoms with van der Waals surface area (Å²) < 4.78 is 0. The molecule has 0 aromatic rings. The van der Waals surface area contributed by atoms with E-state index in [2.05, 4.69) is 22.9 Å². The number of rotatable bonds is 9. The molecule has 0 radical (unpaired) electrons. The topological polar surface area (TPSA) is 20.2 Å². The number of aliphatic hydroxyl groups is 1. The zero-order valence-electron chi connectivity index (χ0n) is 8.77. The molecular weight excluding hydrogens is 235 g/mol. The van der Waals surface area contributed by atoms with E-state index in [0.29, 0.717) is 0 Å². The molecule has 0 bridgehead atoms. The van der Waals surface area contributed by atoms with Gasteiger partial charge in [0.1, 0.15) is 5.01 Å².